The number of carbonyl (C=O) groups excluding carboxylic acids is 1. The van der Waals surface area contributed by atoms with E-state index in [-0.39, 0.29) is 12.4 Å². The molecule has 0 aliphatic rings. The summed E-state index contributed by atoms with van der Waals surface area (Å²) in [4.78, 5) is 16.4. The number of carbonyl (C=O) groups is 1. The smallest absolute Gasteiger partial charge is 0.317 e. The van der Waals surface area contributed by atoms with E-state index in [1.807, 2.05) is 41.8 Å². The van der Waals surface area contributed by atoms with Gasteiger partial charge >= 0.3 is 5.97 Å². The molecule has 1 heterocycles. The van der Waals surface area contributed by atoms with E-state index in [1.54, 1.807) is 24.3 Å². The minimum atomic E-state index is -0.375. The second-order valence-corrected chi connectivity index (χ2v) is 5.66. The SMILES string of the molecule is N#Cc1ccc(OC(=O)Cc2csc(-c3ccccc3)n2)cc1. The van der Waals surface area contributed by atoms with Gasteiger partial charge in [0.15, 0.2) is 0 Å². The number of nitrogens with zero attached hydrogens (tertiary/aromatic N) is 2. The summed E-state index contributed by atoms with van der Waals surface area (Å²) in [6, 6.07) is 18.3. The first-order valence-electron chi connectivity index (χ1n) is 6.95. The lowest BCUT2D eigenvalue weighted by Crippen LogP contribution is -2.11. The molecule has 0 amide bonds. The minimum Gasteiger partial charge on any atom is -0.426 e. The van der Waals surface area contributed by atoms with Crippen molar-refractivity contribution in [1.29, 1.82) is 5.26 Å². The number of hydrogen-bond acceptors (Lipinski definition) is 5. The minimum absolute atomic E-state index is 0.114. The highest BCUT2D eigenvalue weighted by molar-refractivity contribution is 7.13. The Balaban J connectivity index is 1.64. The van der Waals surface area contributed by atoms with Crippen LogP contribution in [-0.2, 0) is 11.2 Å². The summed E-state index contributed by atoms with van der Waals surface area (Å²) in [5, 5.41) is 11.5. The second kappa shape index (κ2) is 6.86. The topological polar surface area (TPSA) is 63.0 Å². The van der Waals surface area contributed by atoms with E-state index < -0.39 is 0 Å². The average Bonchev–Trinajstić information content (AvgIpc) is 3.04. The van der Waals surface area contributed by atoms with Gasteiger partial charge in [0, 0.05) is 10.9 Å². The zero-order valence-corrected chi connectivity index (χ0v) is 12.9. The number of esters is 1. The summed E-state index contributed by atoms with van der Waals surface area (Å²) in [6.07, 6.45) is 0.114. The van der Waals surface area contributed by atoms with Gasteiger partial charge in [-0.2, -0.15) is 5.26 Å². The summed E-state index contributed by atoms with van der Waals surface area (Å²) in [5.74, 6) is 0.0483. The first-order chi connectivity index (χ1) is 11.2. The van der Waals surface area contributed by atoms with Gasteiger partial charge in [-0.25, -0.2) is 4.98 Å². The van der Waals surface area contributed by atoms with E-state index >= 15 is 0 Å². The van der Waals surface area contributed by atoms with Crippen molar-refractivity contribution in [3.05, 3.63) is 71.2 Å². The fraction of sp³-hybridized carbons (Fsp3) is 0.0556. The number of rotatable bonds is 4. The maximum atomic E-state index is 12.0. The third-order valence-corrected chi connectivity index (χ3v) is 4.05. The predicted molar refractivity (Wildman–Crippen MR) is 88.0 cm³/mol. The Morgan fingerprint density at radius 1 is 1.13 bits per heavy atom. The van der Waals surface area contributed by atoms with Crippen LogP contribution in [-0.4, -0.2) is 11.0 Å². The molecule has 112 valence electrons. The molecule has 0 N–H and O–H groups in total. The molecule has 0 saturated heterocycles. The van der Waals surface area contributed by atoms with Crippen molar-refractivity contribution in [2.45, 2.75) is 6.42 Å². The first kappa shape index (κ1) is 14.9. The molecule has 0 radical (unpaired) electrons. The van der Waals surface area contributed by atoms with Gasteiger partial charge in [0.2, 0.25) is 0 Å². The van der Waals surface area contributed by atoms with E-state index in [0.29, 0.717) is 17.0 Å². The maximum absolute atomic E-state index is 12.0. The number of aromatic nitrogens is 1. The van der Waals surface area contributed by atoms with Gasteiger partial charge < -0.3 is 4.74 Å². The highest BCUT2D eigenvalue weighted by Crippen LogP contribution is 2.23. The van der Waals surface area contributed by atoms with Crippen LogP contribution in [0, 0.1) is 11.3 Å². The molecule has 3 aromatic rings. The molecule has 5 heteroatoms. The van der Waals surface area contributed by atoms with Gasteiger partial charge in [-0.15, -0.1) is 11.3 Å². The van der Waals surface area contributed by atoms with Gasteiger partial charge in [0.1, 0.15) is 10.8 Å². The highest BCUT2D eigenvalue weighted by atomic mass is 32.1. The van der Waals surface area contributed by atoms with E-state index in [4.69, 9.17) is 10.00 Å². The molecule has 1 aromatic heterocycles. The van der Waals surface area contributed by atoms with Gasteiger partial charge in [0.25, 0.3) is 0 Å². The summed E-state index contributed by atoms with van der Waals surface area (Å²) < 4.78 is 5.25. The molecule has 0 atom stereocenters. The molecule has 0 spiro atoms. The third kappa shape index (κ3) is 3.82. The Kier molecular flexibility index (Phi) is 4.46. The van der Waals surface area contributed by atoms with Crippen molar-refractivity contribution >= 4 is 17.3 Å². The third-order valence-electron chi connectivity index (χ3n) is 3.11. The Morgan fingerprint density at radius 3 is 2.57 bits per heavy atom. The molecule has 23 heavy (non-hydrogen) atoms. The van der Waals surface area contributed by atoms with Crippen LogP contribution < -0.4 is 4.74 Å². The number of benzene rings is 2. The van der Waals surface area contributed by atoms with Crippen LogP contribution in [0.15, 0.2) is 60.0 Å². The monoisotopic (exact) mass is 320 g/mol. The van der Waals surface area contributed by atoms with Crippen molar-refractivity contribution in [3.8, 4) is 22.4 Å². The largest absolute Gasteiger partial charge is 0.426 e. The van der Waals surface area contributed by atoms with Crippen molar-refractivity contribution in [2.24, 2.45) is 0 Å². The molecule has 4 nitrogen and oxygen atoms in total. The zero-order valence-electron chi connectivity index (χ0n) is 12.1. The fourth-order valence-corrected chi connectivity index (χ4v) is 2.84. The molecule has 0 saturated carbocycles. The Hall–Kier alpha value is -2.97. The summed E-state index contributed by atoms with van der Waals surface area (Å²) in [5.41, 5.74) is 2.24. The molecular formula is C18H12N2O2S. The van der Waals surface area contributed by atoms with Crippen molar-refractivity contribution in [2.75, 3.05) is 0 Å². The average molecular weight is 320 g/mol. The van der Waals surface area contributed by atoms with Crippen molar-refractivity contribution in [1.82, 2.24) is 4.98 Å². The van der Waals surface area contributed by atoms with E-state index in [9.17, 15) is 4.79 Å². The van der Waals surface area contributed by atoms with Crippen molar-refractivity contribution < 1.29 is 9.53 Å². The van der Waals surface area contributed by atoms with E-state index in [0.717, 1.165) is 10.6 Å². The lowest BCUT2D eigenvalue weighted by molar-refractivity contribution is -0.133. The number of ether oxygens (including phenoxy) is 1. The number of thiazole rings is 1. The number of nitriles is 1. The normalized spacial score (nSPS) is 10.0. The Bertz CT molecular complexity index is 849. The number of hydrogen-bond donors (Lipinski definition) is 0. The summed E-state index contributed by atoms with van der Waals surface area (Å²) in [6.45, 7) is 0. The first-order valence-corrected chi connectivity index (χ1v) is 7.83. The molecule has 0 aliphatic heterocycles. The van der Waals surface area contributed by atoms with Crippen molar-refractivity contribution in [3.63, 3.8) is 0 Å². The highest BCUT2D eigenvalue weighted by Gasteiger charge is 2.11. The molecule has 0 bridgehead atoms. The Labute approximate surface area is 137 Å². The van der Waals surface area contributed by atoms with Crippen LogP contribution in [0.4, 0.5) is 0 Å². The van der Waals surface area contributed by atoms with Gasteiger partial charge in [-0.05, 0) is 24.3 Å². The summed E-state index contributed by atoms with van der Waals surface area (Å²) in [7, 11) is 0. The van der Waals surface area contributed by atoms with Gasteiger partial charge in [-0.1, -0.05) is 30.3 Å². The predicted octanol–water partition coefficient (Wildman–Crippen LogP) is 3.83. The van der Waals surface area contributed by atoms with Gasteiger partial charge in [-0.3, -0.25) is 4.79 Å². The fourth-order valence-electron chi connectivity index (χ4n) is 2.01. The lowest BCUT2D eigenvalue weighted by atomic mass is 10.2. The van der Waals surface area contributed by atoms with Crippen LogP contribution >= 0.6 is 11.3 Å². The van der Waals surface area contributed by atoms with Crippen LogP contribution in [0.3, 0.4) is 0 Å². The molecular weight excluding hydrogens is 308 g/mol. The molecule has 0 fully saturated rings. The van der Waals surface area contributed by atoms with Crippen LogP contribution in [0.5, 0.6) is 5.75 Å². The van der Waals surface area contributed by atoms with E-state index in [1.165, 1.54) is 11.3 Å². The molecule has 0 unspecified atom stereocenters. The molecule has 3 rings (SSSR count). The summed E-state index contributed by atoms with van der Waals surface area (Å²) >= 11 is 1.50. The van der Waals surface area contributed by atoms with Crippen LogP contribution in [0.25, 0.3) is 10.6 Å². The second-order valence-electron chi connectivity index (χ2n) is 4.80. The standard InChI is InChI=1S/C18H12N2O2S/c19-11-13-6-8-16(9-7-13)22-17(21)10-15-12-23-18(20-15)14-4-2-1-3-5-14/h1-9,12H,10H2. The van der Waals surface area contributed by atoms with E-state index in [2.05, 4.69) is 4.98 Å². The van der Waals surface area contributed by atoms with Crippen LogP contribution in [0.1, 0.15) is 11.3 Å². The molecule has 0 aliphatic carbocycles. The zero-order chi connectivity index (χ0) is 16.1. The lowest BCUT2D eigenvalue weighted by Gasteiger charge is -2.02. The maximum Gasteiger partial charge on any atom is 0.317 e. The Morgan fingerprint density at radius 2 is 1.87 bits per heavy atom. The van der Waals surface area contributed by atoms with Gasteiger partial charge in [0.05, 0.1) is 23.7 Å². The van der Waals surface area contributed by atoms with Crippen LogP contribution in [0.2, 0.25) is 0 Å². The molecule has 2 aromatic carbocycles. The quantitative estimate of drug-likeness (QED) is 0.541.